The van der Waals surface area contributed by atoms with Gasteiger partial charge in [-0.2, -0.15) is 0 Å². The van der Waals surface area contributed by atoms with Gasteiger partial charge in [-0.25, -0.2) is 9.18 Å². The molecule has 1 unspecified atom stereocenters. The number of hydrogen-bond donors (Lipinski definition) is 3. The van der Waals surface area contributed by atoms with E-state index in [1.807, 2.05) is 0 Å². The normalized spacial score (nSPS) is 11.9. The number of benzene rings is 1. The number of aliphatic hydroxyl groups is 1. The van der Waals surface area contributed by atoms with Gasteiger partial charge in [-0.05, 0) is 18.2 Å². The molecule has 0 bridgehead atoms. The first-order chi connectivity index (χ1) is 8.41. The maximum Gasteiger partial charge on any atom is 0.332 e. The highest BCUT2D eigenvalue weighted by Crippen LogP contribution is 2.14. The summed E-state index contributed by atoms with van der Waals surface area (Å²) < 4.78 is 13.3. The Hall–Kier alpha value is -1.66. The molecule has 18 heavy (non-hydrogen) atoms. The molecule has 7 heteroatoms. The Morgan fingerprint density at radius 2 is 2.11 bits per heavy atom. The van der Waals surface area contributed by atoms with Crippen molar-refractivity contribution in [1.29, 1.82) is 0 Å². The second-order valence-electron chi connectivity index (χ2n) is 3.52. The molecule has 1 aromatic rings. The van der Waals surface area contributed by atoms with E-state index >= 15 is 0 Å². The fourth-order valence-corrected chi connectivity index (χ4v) is 1.38. The predicted octanol–water partition coefficient (Wildman–Crippen LogP) is 1.04. The first kappa shape index (κ1) is 14.4. The molecule has 1 aromatic carbocycles. The molecule has 1 atom stereocenters. The van der Waals surface area contributed by atoms with Gasteiger partial charge in [0.05, 0.1) is 5.56 Å². The molecule has 0 radical (unpaired) electrons. The second-order valence-corrected chi connectivity index (χ2v) is 3.96. The van der Waals surface area contributed by atoms with E-state index in [9.17, 15) is 14.0 Å². The van der Waals surface area contributed by atoms with Crippen molar-refractivity contribution in [2.75, 3.05) is 6.54 Å². The largest absolute Gasteiger partial charge is 0.479 e. The highest BCUT2D eigenvalue weighted by atomic mass is 35.5. The highest BCUT2D eigenvalue weighted by Gasteiger charge is 2.15. The molecule has 0 aromatic heterocycles. The summed E-state index contributed by atoms with van der Waals surface area (Å²) in [6.45, 7) is -0.0851. The summed E-state index contributed by atoms with van der Waals surface area (Å²) in [5.74, 6) is -2.82. The van der Waals surface area contributed by atoms with Crippen LogP contribution in [0.3, 0.4) is 0 Å². The fourth-order valence-electron chi connectivity index (χ4n) is 1.21. The van der Waals surface area contributed by atoms with Crippen LogP contribution >= 0.6 is 11.6 Å². The maximum absolute atomic E-state index is 13.3. The van der Waals surface area contributed by atoms with Crippen LogP contribution in [0.15, 0.2) is 18.2 Å². The summed E-state index contributed by atoms with van der Waals surface area (Å²) in [6.07, 6.45) is -1.72. The number of amides is 1. The van der Waals surface area contributed by atoms with Gasteiger partial charge in [-0.1, -0.05) is 11.6 Å². The van der Waals surface area contributed by atoms with Crippen LogP contribution in [-0.2, 0) is 4.79 Å². The Kier molecular flexibility index (Phi) is 5.06. The van der Waals surface area contributed by atoms with E-state index in [0.717, 1.165) is 6.07 Å². The molecule has 0 aliphatic rings. The average molecular weight is 276 g/mol. The lowest BCUT2D eigenvalue weighted by Gasteiger charge is -2.08. The number of carbonyl (C=O) groups excluding carboxylic acids is 1. The maximum atomic E-state index is 13.3. The smallest absolute Gasteiger partial charge is 0.332 e. The van der Waals surface area contributed by atoms with Gasteiger partial charge in [0.15, 0.2) is 6.10 Å². The van der Waals surface area contributed by atoms with E-state index in [0.29, 0.717) is 0 Å². The molecular weight excluding hydrogens is 265 g/mol. The Balaban J connectivity index is 2.55. The number of rotatable bonds is 5. The molecule has 0 saturated carbocycles. The van der Waals surface area contributed by atoms with E-state index < -0.39 is 23.8 Å². The van der Waals surface area contributed by atoms with Crippen LogP contribution in [0.4, 0.5) is 4.39 Å². The van der Waals surface area contributed by atoms with Crippen LogP contribution in [0.25, 0.3) is 0 Å². The number of carboxylic acid groups (broad SMARTS) is 1. The van der Waals surface area contributed by atoms with Crippen molar-refractivity contribution in [3.8, 4) is 0 Å². The van der Waals surface area contributed by atoms with Gasteiger partial charge in [0.1, 0.15) is 5.82 Å². The fraction of sp³-hybridized carbons (Fsp3) is 0.273. The van der Waals surface area contributed by atoms with Crippen LogP contribution in [0.2, 0.25) is 5.02 Å². The Morgan fingerprint density at radius 3 is 2.72 bits per heavy atom. The van der Waals surface area contributed by atoms with Crippen LogP contribution in [-0.4, -0.2) is 34.7 Å². The standard InChI is InChI=1S/C11H11ClFNO4/c12-6-1-2-8(13)7(5-6)10(16)14-4-3-9(15)11(17)18/h1-2,5,9,15H,3-4H2,(H,14,16)(H,17,18). The summed E-state index contributed by atoms with van der Waals surface area (Å²) >= 11 is 5.62. The first-order valence-corrected chi connectivity index (χ1v) is 5.43. The Morgan fingerprint density at radius 1 is 1.44 bits per heavy atom. The van der Waals surface area contributed by atoms with Gasteiger partial charge >= 0.3 is 5.97 Å². The molecule has 98 valence electrons. The first-order valence-electron chi connectivity index (χ1n) is 5.06. The minimum absolute atomic E-state index is 0.0851. The minimum atomic E-state index is -1.56. The summed E-state index contributed by atoms with van der Waals surface area (Å²) in [7, 11) is 0. The molecule has 5 nitrogen and oxygen atoms in total. The van der Waals surface area contributed by atoms with Gasteiger partial charge in [-0.3, -0.25) is 4.79 Å². The Labute approximate surface area is 107 Å². The number of carboxylic acids is 1. The number of aliphatic hydroxyl groups excluding tert-OH is 1. The lowest BCUT2D eigenvalue weighted by Crippen LogP contribution is -2.30. The van der Waals surface area contributed by atoms with E-state index in [1.165, 1.54) is 12.1 Å². The average Bonchev–Trinajstić information content (AvgIpc) is 2.31. The summed E-state index contributed by atoms with van der Waals surface area (Å²) in [5, 5.41) is 19.9. The third-order valence-electron chi connectivity index (χ3n) is 2.16. The lowest BCUT2D eigenvalue weighted by atomic mass is 10.2. The van der Waals surface area contributed by atoms with Gasteiger partial charge in [0.25, 0.3) is 5.91 Å². The predicted molar refractivity (Wildman–Crippen MR) is 62.0 cm³/mol. The number of halogens is 2. The van der Waals surface area contributed by atoms with Crippen molar-refractivity contribution >= 4 is 23.5 Å². The van der Waals surface area contributed by atoms with Gasteiger partial charge in [0, 0.05) is 18.0 Å². The minimum Gasteiger partial charge on any atom is -0.479 e. The number of carbonyl (C=O) groups is 2. The van der Waals surface area contributed by atoms with E-state index in [1.54, 1.807) is 0 Å². The Bertz CT molecular complexity index is 466. The second kappa shape index (κ2) is 6.32. The van der Waals surface area contributed by atoms with Crippen LogP contribution in [0.5, 0.6) is 0 Å². The molecule has 0 fully saturated rings. The molecule has 1 amide bonds. The molecule has 0 heterocycles. The van der Waals surface area contributed by atoms with Crippen LogP contribution < -0.4 is 5.32 Å². The molecule has 3 N–H and O–H groups in total. The SMILES string of the molecule is O=C(NCCC(O)C(=O)O)c1cc(Cl)ccc1F. The zero-order valence-electron chi connectivity index (χ0n) is 9.19. The van der Waals surface area contributed by atoms with Crippen molar-refractivity contribution in [2.24, 2.45) is 0 Å². The number of nitrogens with one attached hydrogen (secondary N) is 1. The topological polar surface area (TPSA) is 86.6 Å². The zero-order chi connectivity index (χ0) is 13.7. The van der Waals surface area contributed by atoms with Crippen molar-refractivity contribution in [3.63, 3.8) is 0 Å². The molecule has 0 aliphatic heterocycles. The van der Waals surface area contributed by atoms with E-state index in [2.05, 4.69) is 5.32 Å². The van der Waals surface area contributed by atoms with Crippen molar-refractivity contribution < 1.29 is 24.2 Å². The molecule has 0 aliphatic carbocycles. The highest BCUT2D eigenvalue weighted by molar-refractivity contribution is 6.30. The third-order valence-corrected chi connectivity index (χ3v) is 2.40. The molecule has 0 spiro atoms. The van der Waals surface area contributed by atoms with E-state index in [4.69, 9.17) is 21.8 Å². The van der Waals surface area contributed by atoms with Crippen LogP contribution in [0.1, 0.15) is 16.8 Å². The molecule has 1 rings (SSSR count). The quantitative estimate of drug-likeness (QED) is 0.749. The zero-order valence-corrected chi connectivity index (χ0v) is 9.95. The summed E-state index contributed by atoms with van der Waals surface area (Å²) in [6, 6.07) is 3.53. The third kappa shape index (κ3) is 3.97. The number of aliphatic carboxylic acids is 1. The number of hydrogen-bond acceptors (Lipinski definition) is 3. The molecule has 0 saturated heterocycles. The van der Waals surface area contributed by atoms with E-state index in [-0.39, 0.29) is 23.6 Å². The van der Waals surface area contributed by atoms with Gasteiger partial charge in [-0.15, -0.1) is 0 Å². The van der Waals surface area contributed by atoms with Gasteiger partial charge in [0.2, 0.25) is 0 Å². The van der Waals surface area contributed by atoms with Crippen molar-refractivity contribution in [3.05, 3.63) is 34.6 Å². The summed E-state index contributed by atoms with van der Waals surface area (Å²) in [4.78, 5) is 21.8. The lowest BCUT2D eigenvalue weighted by molar-refractivity contribution is -0.146. The van der Waals surface area contributed by atoms with Crippen molar-refractivity contribution in [2.45, 2.75) is 12.5 Å². The monoisotopic (exact) mass is 275 g/mol. The van der Waals surface area contributed by atoms with Crippen molar-refractivity contribution in [1.82, 2.24) is 5.32 Å². The van der Waals surface area contributed by atoms with Crippen LogP contribution in [0, 0.1) is 5.82 Å². The van der Waals surface area contributed by atoms with Gasteiger partial charge < -0.3 is 15.5 Å². The molecular formula is C11H11ClFNO4. The summed E-state index contributed by atoms with van der Waals surface area (Å²) in [5.41, 5.74) is -0.229.